The van der Waals surface area contributed by atoms with Crippen molar-refractivity contribution in [2.75, 3.05) is 37.9 Å². The van der Waals surface area contributed by atoms with E-state index in [0.717, 1.165) is 45.1 Å². The van der Waals surface area contributed by atoms with E-state index in [9.17, 15) is 9.59 Å². The van der Waals surface area contributed by atoms with Crippen LogP contribution >= 0.6 is 0 Å². The molecule has 2 amide bonds. The molecule has 1 aliphatic carbocycles. The van der Waals surface area contributed by atoms with Gasteiger partial charge in [-0.05, 0) is 37.2 Å². The van der Waals surface area contributed by atoms with Crippen molar-refractivity contribution in [1.29, 1.82) is 0 Å². The predicted molar refractivity (Wildman–Crippen MR) is 124 cm³/mol. The summed E-state index contributed by atoms with van der Waals surface area (Å²) >= 11 is 0. The van der Waals surface area contributed by atoms with E-state index in [4.69, 9.17) is 20.2 Å². The van der Waals surface area contributed by atoms with Gasteiger partial charge in [-0.3, -0.25) is 14.5 Å². The van der Waals surface area contributed by atoms with Gasteiger partial charge in [-0.25, -0.2) is 4.98 Å². The van der Waals surface area contributed by atoms with Gasteiger partial charge in [-0.1, -0.05) is 12.8 Å². The van der Waals surface area contributed by atoms with Gasteiger partial charge in [0.1, 0.15) is 5.82 Å². The van der Waals surface area contributed by atoms with Gasteiger partial charge in [0.2, 0.25) is 17.8 Å². The highest BCUT2D eigenvalue weighted by atomic mass is 16.5. The van der Waals surface area contributed by atoms with Gasteiger partial charge < -0.3 is 20.1 Å². The number of piperidine rings is 2. The number of hydrogen-bond donors (Lipinski definition) is 1. The van der Waals surface area contributed by atoms with Crippen LogP contribution in [0.4, 0.5) is 11.8 Å². The number of likely N-dealkylation sites (tertiary alicyclic amines) is 1. The maximum atomic E-state index is 13.1. The molecule has 2 saturated heterocycles. The molecule has 3 aliphatic rings. The summed E-state index contributed by atoms with van der Waals surface area (Å²) in [6.07, 6.45) is 6.87. The van der Waals surface area contributed by atoms with Crippen molar-refractivity contribution in [3.8, 4) is 11.5 Å². The molecule has 2 aliphatic heterocycles. The van der Waals surface area contributed by atoms with Crippen LogP contribution in [-0.2, 0) is 9.59 Å². The van der Waals surface area contributed by atoms with Gasteiger partial charge in [0, 0.05) is 37.4 Å². The van der Waals surface area contributed by atoms with Crippen LogP contribution in [0.15, 0.2) is 12.1 Å². The molecule has 1 unspecified atom stereocenters. The van der Waals surface area contributed by atoms with Crippen LogP contribution in [0.25, 0.3) is 10.9 Å². The standard InChI is InChI=1S/C24H31N5O4/c1-32-18-10-16-17(11-19(18)33-2)26-23(27-22(16)25)28-9-5-6-15(14-28)29-20(30)12-24(13-21(29)31)7-3-4-8-24/h10-11,15H,3-9,12-14H2,1-2H3,(H2,25,26,27). The highest BCUT2D eigenvalue weighted by molar-refractivity contribution is 5.99. The Hall–Kier alpha value is -3.10. The maximum Gasteiger partial charge on any atom is 0.230 e. The zero-order valence-corrected chi connectivity index (χ0v) is 19.3. The molecular formula is C24H31N5O4. The molecule has 9 nitrogen and oxygen atoms in total. The molecular weight excluding hydrogens is 422 g/mol. The zero-order chi connectivity index (χ0) is 23.2. The number of amides is 2. The number of nitrogen functional groups attached to an aromatic ring is 1. The molecule has 2 N–H and O–H groups in total. The first kappa shape index (κ1) is 21.7. The number of fused-ring (bicyclic) bond motifs is 1. The van der Waals surface area contributed by atoms with Crippen molar-refractivity contribution in [2.45, 2.75) is 57.4 Å². The Morgan fingerprint density at radius 3 is 2.33 bits per heavy atom. The van der Waals surface area contributed by atoms with Crippen LogP contribution < -0.4 is 20.1 Å². The summed E-state index contributed by atoms with van der Waals surface area (Å²) in [5, 5.41) is 0.688. The minimum absolute atomic E-state index is 0.0178. The Kier molecular flexibility index (Phi) is 5.50. The Balaban J connectivity index is 1.39. The van der Waals surface area contributed by atoms with Crippen molar-refractivity contribution in [2.24, 2.45) is 5.41 Å². The average molecular weight is 454 g/mol. The fourth-order valence-electron chi connectivity index (χ4n) is 5.85. The number of hydrogen-bond acceptors (Lipinski definition) is 8. The number of aromatic nitrogens is 2. The third kappa shape index (κ3) is 3.83. The number of anilines is 2. The second-order valence-corrected chi connectivity index (χ2v) is 9.59. The molecule has 9 heteroatoms. The summed E-state index contributed by atoms with van der Waals surface area (Å²) < 4.78 is 10.8. The van der Waals surface area contributed by atoms with Gasteiger partial charge in [0.05, 0.1) is 25.8 Å². The molecule has 1 aromatic heterocycles. The Labute approximate surface area is 193 Å². The maximum absolute atomic E-state index is 13.1. The van der Waals surface area contributed by atoms with Crippen molar-refractivity contribution in [3.63, 3.8) is 0 Å². The van der Waals surface area contributed by atoms with Crippen molar-refractivity contribution >= 4 is 34.5 Å². The Bertz CT molecular complexity index is 1080. The quantitative estimate of drug-likeness (QED) is 0.704. The minimum atomic E-state index is -0.163. The number of imide groups is 1. The number of nitrogens with two attached hydrogens (primary N) is 1. The van der Waals surface area contributed by atoms with Crippen LogP contribution in [0, 0.1) is 5.41 Å². The molecule has 1 atom stereocenters. The summed E-state index contributed by atoms with van der Waals surface area (Å²) in [5.41, 5.74) is 6.84. The molecule has 3 heterocycles. The fraction of sp³-hybridized carbons (Fsp3) is 0.583. The molecule has 5 rings (SSSR count). The lowest BCUT2D eigenvalue weighted by Crippen LogP contribution is -2.57. The van der Waals surface area contributed by atoms with Crippen molar-refractivity contribution in [3.05, 3.63) is 12.1 Å². The van der Waals surface area contributed by atoms with Gasteiger partial charge >= 0.3 is 0 Å². The number of rotatable bonds is 4. The van der Waals surface area contributed by atoms with Crippen LogP contribution in [-0.4, -0.2) is 60.0 Å². The first-order valence-corrected chi connectivity index (χ1v) is 11.7. The largest absolute Gasteiger partial charge is 0.493 e. The second-order valence-electron chi connectivity index (χ2n) is 9.59. The third-order valence-corrected chi connectivity index (χ3v) is 7.52. The number of nitrogens with zero attached hydrogens (tertiary/aromatic N) is 4. The predicted octanol–water partition coefficient (Wildman–Crippen LogP) is 2.91. The van der Waals surface area contributed by atoms with Crippen LogP contribution in [0.3, 0.4) is 0 Å². The number of benzene rings is 1. The monoisotopic (exact) mass is 453 g/mol. The Morgan fingerprint density at radius 2 is 1.67 bits per heavy atom. The van der Waals surface area contributed by atoms with E-state index >= 15 is 0 Å². The van der Waals surface area contributed by atoms with Gasteiger partial charge in [0.15, 0.2) is 11.5 Å². The van der Waals surface area contributed by atoms with E-state index in [1.54, 1.807) is 26.4 Å². The summed E-state index contributed by atoms with van der Waals surface area (Å²) in [5.74, 6) is 1.95. The van der Waals surface area contributed by atoms with Crippen LogP contribution in [0.5, 0.6) is 11.5 Å². The van der Waals surface area contributed by atoms with E-state index in [1.807, 2.05) is 4.90 Å². The highest BCUT2D eigenvalue weighted by Gasteiger charge is 2.47. The number of ether oxygens (including phenoxy) is 2. The lowest BCUT2D eigenvalue weighted by molar-refractivity contribution is -0.156. The lowest BCUT2D eigenvalue weighted by atomic mass is 9.76. The normalized spacial score (nSPS) is 22.9. The molecule has 33 heavy (non-hydrogen) atoms. The summed E-state index contributed by atoms with van der Waals surface area (Å²) in [6.45, 7) is 1.26. The average Bonchev–Trinajstić information content (AvgIpc) is 3.24. The van der Waals surface area contributed by atoms with E-state index in [2.05, 4.69) is 4.98 Å². The minimum Gasteiger partial charge on any atom is -0.493 e. The van der Waals surface area contributed by atoms with E-state index < -0.39 is 0 Å². The van der Waals surface area contributed by atoms with Crippen LogP contribution in [0.1, 0.15) is 51.4 Å². The summed E-state index contributed by atoms with van der Waals surface area (Å²) in [4.78, 5) is 39.0. The number of methoxy groups -OCH3 is 2. The van der Waals surface area contributed by atoms with Crippen molar-refractivity contribution in [1.82, 2.24) is 14.9 Å². The SMILES string of the molecule is COc1cc2nc(N3CCCC(N4C(=O)CC5(CCCC5)CC4=O)C3)nc(N)c2cc1OC. The Morgan fingerprint density at radius 1 is 1.00 bits per heavy atom. The lowest BCUT2D eigenvalue weighted by Gasteiger charge is -2.43. The molecule has 1 spiro atoms. The molecule has 1 aromatic carbocycles. The zero-order valence-electron chi connectivity index (χ0n) is 19.3. The smallest absolute Gasteiger partial charge is 0.230 e. The molecule has 1 saturated carbocycles. The topological polar surface area (TPSA) is 111 Å². The first-order chi connectivity index (χ1) is 15.9. The molecule has 176 valence electrons. The van der Waals surface area contributed by atoms with Crippen molar-refractivity contribution < 1.29 is 19.1 Å². The fourth-order valence-corrected chi connectivity index (χ4v) is 5.85. The molecule has 0 radical (unpaired) electrons. The van der Waals surface area contributed by atoms with Gasteiger partial charge in [0.25, 0.3) is 0 Å². The molecule has 0 bridgehead atoms. The molecule has 3 fully saturated rings. The first-order valence-electron chi connectivity index (χ1n) is 11.7. The second kappa shape index (κ2) is 8.35. The number of carbonyl (C=O) groups is 2. The van der Waals surface area contributed by atoms with E-state index in [-0.39, 0.29) is 23.3 Å². The number of carbonyl (C=O) groups excluding carboxylic acids is 2. The van der Waals surface area contributed by atoms with E-state index in [1.165, 1.54) is 4.90 Å². The summed E-state index contributed by atoms with van der Waals surface area (Å²) in [6, 6.07) is 3.40. The summed E-state index contributed by atoms with van der Waals surface area (Å²) in [7, 11) is 3.15. The van der Waals surface area contributed by atoms with Gasteiger partial charge in [-0.15, -0.1) is 0 Å². The highest BCUT2D eigenvalue weighted by Crippen LogP contribution is 2.47. The third-order valence-electron chi connectivity index (χ3n) is 7.52. The molecule has 2 aromatic rings. The van der Waals surface area contributed by atoms with Gasteiger partial charge in [-0.2, -0.15) is 4.98 Å². The van der Waals surface area contributed by atoms with E-state index in [0.29, 0.717) is 53.6 Å². The van der Waals surface area contributed by atoms with Crippen LogP contribution in [0.2, 0.25) is 0 Å².